The van der Waals surface area contributed by atoms with E-state index in [2.05, 4.69) is 5.10 Å². The number of carbonyl (C=O) groups is 1. The number of aromatic nitrogens is 2. The molecule has 0 fully saturated rings. The first-order valence-electron chi connectivity index (χ1n) is 5.14. The lowest BCUT2D eigenvalue weighted by Crippen LogP contribution is -1.99. The van der Waals surface area contributed by atoms with Crippen LogP contribution in [0.15, 0.2) is 29.2 Å². The summed E-state index contributed by atoms with van der Waals surface area (Å²) in [5, 5.41) is 12.7. The van der Waals surface area contributed by atoms with Crippen molar-refractivity contribution in [2.75, 3.05) is 6.26 Å². The highest BCUT2D eigenvalue weighted by Gasteiger charge is 2.15. The van der Waals surface area contributed by atoms with Gasteiger partial charge in [-0.2, -0.15) is 5.10 Å². The minimum Gasteiger partial charge on any atom is -0.476 e. The fourth-order valence-corrected chi connectivity index (χ4v) is 2.08. The third-order valence-electron chi connectivity index (χ3n) is 2.55. The lowest BCUT2D eigenvalue weighted by atomic mass is 10.1. The average molecular weight is 266 g/mol. The number of halogens is 1. The first-order chi connectivity index (χ1) is 8.52. The molecular weight excluding hydrogens is 255 g/mol. The van der Waals surface area contributed by atoms with E-state index in [1.807, 2.05) is 6.26 Å². The Morgan fingerprint density at radius 2 is 2.17 bits per heavy atom. The molecule has 1 aromatic carbocycles. The van der Waals surface area contributed by atoms with E-state index < -0.39 is 5.97 Å². The van der Waals surface area contributed by atoms with E-state index in [4.69, 9.17) is 5.11 Å². The number of benzene rings is 1. The van der Waals surface area contributed by atoms with Crippen LogP contribution in [-0.4, -0.2) is 27.1 Å². The average Bonchev–Trinajstić information content (AvgIpc) is 2.71. The Bertz CT molecular complexity index is 610. The van der Waals surface area contributed by atoms with Crippen molar-refractivity contribution in [2.24, 2.45) is 7.05 Å². The number of aryl methyl sites for hydroxylation is 1. The first-order valence-corrected chi connectivity index (χ1v) is 6.36. The van der Waals surface area contributed by atoms with Gasteiger partial charge in [0.1, 0.15) is 5.82 Å². The number of aromatic carboxylic acids is 1. The summed E-state index contributed by atoms with van der Waals surface area (Å²) >= 11 is 1.44. The van der Waals surface area contributed by atoms with Gasteiger partial charge in [-0.25, -0.2) is 9.18 Å². The molecule has 0 aliphatic rings. The minimum absolute atomic E-state index is 0.0964. The van der Waals surface area contributed by atoms with E-state index in [0.29, 0.717) is 11.3 Å². The van der Waals surface area contributed by atoms with Crippen molar-refractivity contribution in [1.82, 2.24) is 9.78 Å². The molecule has 0 saturated heterocycles. The summed E-state index contributed by atoms with van der Waals surface area (Å²) in [6.45, 7) is 0. The molecule has 1 heterocycles. The van der Waals surface area contributed by atoms with Crippen LogP contribution >= 0.6 is 11.8 Å². The first kappa shape index (κ1) is 12.6. The fourth-order valence-electron chi connectivity index (χ4n) is 1.65. The van der Waals surface area contributed by atoms with Crippen LogP contribution in [-0.2, 0) is 7.05 Å². The second-order valence-corrected chi connectivity index (χ2v) is 4.57. The Morgan fingerprint density at radius 3 is 2.67 bits per heavy atom. The maximum atomic E-state index is 13.9. The van der Waals surface area contributed by atoms with Gasteiger partial charge < -0.3 is 5.11 Å². The second kappa shape index (κ2) is 4.81. The number of rotatable bonds is 3. The number of nitrogens with zero attached hydrogens (tertiary/aromatic N) is 2. The molecule has 2 aromatic rings. The van der Waals surface area contributed by atoms with Gasteiger partial charge in [0.15, 0.2) is 5.69 Å². The van der Waals surface area contributed by atoms with Crippen molar-refractivity contribution < 1.29 is 14.3 Å². The van der Waals surface area contributed by atoms with E-state index in [9.17, 15) is 9.18 Å². The van der Waals surface area contributed by atoms with Gasteiger partial charge in [-0.1, -0.05) is 0 Å². The van der Waals surface area contributed by atoms with Crippen LogP contribution in [0.5, 0.6) is 0 Å². The van der Waals surface area contributed by atoms with Crippen LogP contribution in [0.1, 0.15) is 10.5 Å². The molecule has 0 radical (unpaired) electrons. The maximum absolute atomic E-state index is 13.9. The van der Waals surface area contributed by atoms with E-state index in [0.717, 1.165) is 4.90 Å². The smallest absolute Gasteiger partial charge is 0.356 e. The second-order valence-electron chi connectivity index (χ2n) is 3.69. The summed E-state index contributed by atoms with van der Waals surface area (Å²) in [6.07, 6.45) is 1.86. The number of carboxylic acid groups (broad SMARTS) is 1. The van der Waals surface area contributed by atoms with Gasteiger partial charge in [0.05, 0.1) is 5.69 Å². The summed E-state index contributed by atoms with van der Waals surface area (Å²) < 4.78 is 15.3. The van der Waals surface area contributed by atoms with Gasteiger partial charge >= 0.3 is 5.97 Å². The normalized spacial score (nSPS) is 10.6. The van der Waals surface area contributed by atoms with E-state index >= 15 is 0 Å². The van der Waals surface area contributed by atoms with Gasteiger partial charge in [-0.05, 0) is 30.5 Å². The Morgan fingerprint density at radius 1 is 1.44 bits per heavy atom. The molecule has 0 unspecified atom stereocenters. The Labute approximate surface area is 107 Å². The summed E-state index contributed by atoms with van der Waals surface area (Å²) in [5.74, 6) is -1.51. The van der Waals surface area contributed by atoms with Crippen molar-refractivity contribution in [3.63, 3.8) is 0 Å². The van der Waals surface area contributed by atoms with Crippen molar-refractivity contribution in [3.8, 4) is 11.3 Å². The Hall–Kier alpha value is -1.82. The number of hydrogen-bond acceptors (Lipinski definition) is 3. The van der Waals surface area contributed by atoms with Gasteiger partial charge in [0.25, 0.3) is 0 Å². The lowest BCUT2D eigenvalue weighted by molar-refractivity contribution is 0.0689. The van der Waals surface area contributed by atoms with Crippen LogP contribution in [0.4, 0.5) is 4.39 Å². The Balaban J connectivity index is 2.51. The molecule has 18 heavy (non-hydrogen) atoms. The number of carboxylic acids is 1. The van der Waals surface area contributed by atoms with Gasteiger partial charge in [-0.15, -0.1) is 11.8 Å². The SMILES string of the molecule is CSc1ccc(-c2cc(C(=O)O)nn2C)c(F)c1. The molecule has 4 nitrogen and oxygen atoms in total. The van der Waals surface area contributed by atoms with Crippen LogP contribution in [0.2, 0.25) is 0 Å². The molecule has 0 aliphatic carbocycles. The minimum atomic E-state index is -1.13. The molecule has 1 N–H and O–H groups in total. The van der Waals surface area contributed by atoms with Crippen molar-refractivity contribution in [1.29, 1.82) is 0 Å². The van der Waals surface area contributed by atoms with E-state index in [-0.39, 0.29) is 11.5 Å². The monoisotopic (exact) mass is 266 g/mol. The maximum Gasteiger partial charge on any atom is 0.356 e. The zero-order valence-electron chi connectivity index (χ0n) is 9.85. The van der Waals surface area contributed by atoms with Crippen molar-refractivity contribution in [3.05, 3.63) is 35.8 Å². The van der Waals surface area contributed by atoms with Gasteiger partial charge in [0, 0.05) is 17.5 Å². The highest BCUT2D eigenvalue weighted by atomic mass is 32.2. The number of hydrogen-bond donors (Lipinski definition) is 1. The zero-order valence-corrected chi connectivity index (χ0v) is 10.7. The zero-order chi connectivity index (χ0) is 13.3. The van der Waals surface area contributed by atoms with Crippen molar-refractivity contribution >= 4 is 17.7 Å². The third-order valence-corrected chi connectivity index (χ3v) is 3.28. The fraction of sp³-hybridized carbons (Fsp3) is 0.167. The van der Waals surface area contributed by atoms with Crippen LogP contribution < -0.4 is 0 Å². The topological polar surface area (TPSA) is 55.1 Å². The predicted molar refractivity (Wildman–Crippen MR) is 67.3 cm³/mol. The molecule has 0 spiro atoms. The molecular formula is C12H11FN2O2S. The highest BCUT2D eigenvalue weighted by Crippen LogP contribution is 2.26. The third kappa shape index (κ3) is 2.24. The van der Waals surface area contributed by atoms with Crippen LogP contribution in [0.25, 0.3) is 11.3 Å². The van der Waals surface area contributed by atoms with E-state index in [1.54, 1.807) is 19.2 Å². The molecule has 2 rings (SSSR count). The largest absolute Gasteiger partial charge is 0.476 e. The Kier molecular flexibility index (Phi) is 3.38. The number of thioether (sulfide) groups is 1. The van der Waals surface area contributed by atoms with Gasteiger partial charge in [0.2, 0.25) is 0 Å². The van der Waals surface area contributed by atoms with Crippen LogP contribution in [0, 0.1) is 5.82 Å². The predicted octanol–water partition coefficient (Wildman–Crippen LogP) is 2.65. The molecule has 0 atom stereocenters. The molecule has 0 aliphatic heterocycles. The molecule has 6 heteroatoms. The highest BCUT2D eigenvalue weighted by molar-refractivity contribution is 7.98. The quantitative estimate of drug-likeness (QED) is 0.868. The standard InChI is InChI=1S/C12H11FN2O2S/c1-15-11(6-10(14-15)12(16)17)8-4-3-7(18-2)5-9(8)13/h3-6H,1-2H3,(H,16,17). The van der Waals surface area contributed by atoms with Crippen molar-refractivity contribution in [2.45, 2.75) is 4.90 Å². The summed E-state index contributed by atoms with van der Waals surface area (Å²) in [7, 11) is 1.59. The molecule has 1 aromatic heterocycles. The molecule has 94 valence electrons. The summed E-state index contributed by atoms with van der Waals surface area (Å²) in [4.78, 5) is 11.6. The van der Waals surface area contributed by atoms with Gasteiger partial charge in [-0.3, -0.25) is 4.68 Å². The summed E-state index contributed by atoms with van der Waals surface area (Å²) in [6, 6.07) is 6.20. The van der Waals surface area contributed by atoms with Crippen LogP contribution in [0.3, 0.4) is 0 Å². The molecule has 0 bridgehead atoms. The molecule has 0 amide bonds. The summed E-state index contributed by atoms with van der Waals surface area (Å²) in [5.41, 5.74) is 0.689. The lowest BCUT2D eigenvalue weighted by Gasteiger charge is -2.04. The molecule has 0 saturated carbocycles. The van der Waals surface area contributed by atoms with E-state index in [1.165, 1.54) is 28.6 Å².